The fourth-order valence-corrected chi connectivity index (χ4v) is 1.44. The molecule has 1 unspecified atom stereocenters. The Labute approximate surface area is 84.9 Å². The number of rotatable bonds is 2. The molecule has 0 heterocycles. The molecule has 1 rings (SSSR count). The molecule has 0 saturated carbocycles. The number of halogens is 1. The van der Waals surface area contributed by atoms with Crippen LogP contribution < -0.4 is 5.73 Å². The van der Waals surface area contributed by atoms with Gasteiger partial charge in [-0.3, -0.25) is 0 Å². The van der Waals surface area contributed by atoms with Gasteiger partial charge in [0.2, 0.25) is 0 Å². The normalized spacial score (nSPS) is 12.2. The largest absolute Gasteiger partial charge is 0.394 e. The third-order valence-corrected chi connectivity index (χ3v) is 2.39. The van der Waals surface area contributed by atoms with Gasteiger partial charge in [-0.05, 0) is 33.6 Å². The van der Waals surface area contributed by atoms with E-state index in [4.69, 9.17) is 16.1 Å². The van der Waals surface area contributed by atoms with Crippen LogP contribution in [0, 0.1) is 11.3 Å². The van der Waals surface area contributed by atoms with Crippen LogP contribution in [-0.2, 0) is 0 Å². The molecule has 13 heavy (non-hydrogen) atoms. The topological polar surface area (TPSA) is 70.0 Å². The summed E-state index contributed by atoms with van der Waals surface area (Å²) >= 11 is 3.25. The lowest BCUT2D eigenvalue weighted by Crippen LogP contribution is -2.14. The molecule has 0 spiro atoms. The zero-order chi connectivity index (χ0) is 9.84. The lowest BCUT2D eigenvalue weighted by atomic mass is 10.1. The smallest absolute Gasteiger partial charge is 0.100 e. The maximum absolute atomic E-state index is 8.80. The second-order valence-electron chi connectivity index (χ2n) is 2.64. The summed E-state index contributed by atoms with van der Waals surface area (Å²) in [5, 5.41) is 17.4. The standard InChI is InChI=1S/C9H9BrN2O/c10-8-3-6(9(12)5-13)1-2-7(8)4-11/h1-3,9,13H,5,12H2. The molecule has 68 valence electrons. The Morgan fingerprint density at radius 3 is 2.77 bits per heavy atom. The quantitative estimate of drug-likeness (QED) is 0.820. The van der Waals surface area contributed by atoms with Crippen molar-refractivity contribution in [2.45, 2.75) is 6.04 Å². The Morgan fingerprint density at radius 1 is 1.62 bits per heavy atom. The van der Waals surface area contributed by atoms with Gasteiger partial charge in [-0.25, -0.2) is 0 Å². The van der Waals surface area contributed by atoms with Gasteiger partial charge in [0.05, 0.1) is 18.2 Å². The highest BCUT2D eigenvalue weighted by Crippen LogP contribution is 2.20. The number of nitrogens with zero attached hydrogens (tertiary/aromatic N) is 1. The molecule has 0 aliphatic heterocycles. The molecule has 0 aromatic heterocycles. The molecule has 1 atom stereocenters. The van der Waals surface area contributed by atoms with E-state index in [1.807, 2.05) is 6.07 Å². The first kappa shape index (κ1) is 10.2. The summed E-state index contributed by atoms with van der Waals surface area (Å²) in [6.45, 7) is -0.0989. The van der Waals surface area contributed by atoms with Gasteiger partial charge in [-0.15, -0.1) is 0 Å². The minimum absolute atomic E-state index is 0.0989. The summed E-state index contributed by atoms with van der Waals surface area (Å²) in [5.41, 5.74) is 6.98. The highest BCUT2D eigenvalue weighted by atomic mass is 79.9. The van der Waals surface area contributed by atoms with Crippen LogP contribution in [0.3, 0.4) is 0 Å². The van der Waals surface area contributed by atoms with Crippen LogP contribution in [0.25, 0.3) is 0 Å². The number of nitriles is 1. The van der Waals surface area contributed by atoms with Gasteiger partial charge < -0.3 is 10.8 Å². The molecule has 0 saturated heterocycles. The molecule has 0 bridgehead atoms. The zero-order valence-corrected chi connectivity index (χ0v) is 8.45. The molecule has 0 fully saturated rings. The predicted molar refractivity (Wildman–Crippen MR) is 52.9 cm³/mol. The minimum atomic E-state index is -0.385. The number of aliphatic hydroxyl groups is 1. The molecule has 3 nitrogen and oxygen atoms in total. The molecular formula is C9H9BrN2O. The summed E-state index contributed by atoms with van der Waals surface area (Å²) in [6, 6.07) is 6.81. The first-order chi connectivity index (χ1) is 6.19. The number of hydrogen-bond acceptors (Lipinski definition) is 3. The van der Waals surface area contributed by atoms with Crippen LogP contribution >= 0.6 is 15.9 Å². The van der Waals surface area contributed by atoms with Crippen molar-refractivity contribution in [3.05, 3.63) is 33.8 Å². The van der Waals surface area contributed by atoms with Crippen molar-refractivity contribution in [3.8, 4) is 6.07 Å². The second kappa shape index (κ2) is 4.38. The molecule has 1 aromatic rings. The Morgan fingerprint density at radius 2 is 2.31 bits per heavy atom. The second-order valence-corrected chi connectivity index (χ2v) is 3.49. The van der Waals surface area contributed by atoms with Crippen molar-refractivity contribution in [3.63, 3.8) is 0 Å². The number of benzene rings is 1. The average molecular weight is 241 g/mol. The summed E-state index contributed by atoms with van der Waals surface area (Å²) in [4.78, 5) is 0. The highest BCUT2D eigenvalue weighted by Gasteiger charge is 2.06. The van der Waals surface area contributed by atoms with Crippen LogP contribution in [0.1, 0.15) is 17.2 Å². The monoisotopic (exact) mass is 240 g/mol. The average Bonchev–Trinajstić information content (AvgIpc) is 2.16. The lowest BCUT2D eigenvalue weighted by Gasteiger charge is -2.08. The molecule has 0 radical (unpaired) electrons. The predicted octanol–water partition coefficient (Wildman–Crippen LogP) is 1.31. The maximum Gasteiger partial charge on any atom is 0.100 e. The highest BCUT2D eigenvalue weighted by molar-refractivity contribution is 9.10. The summed E-state index contributed by atoms with van der Waals surface area (Å²) < 4.78 is 0.705. The van der Waals surface area contributed by atoms with Crippen molar-refractivity contribution in [1.29, 1.82) is 5.26 Å². The zero-order valence-electron chi connectivity index (χ0n) is 6.87. The first-order valence-corrected chi connectivity index (χ1v) is 4.54. The minimum Gasteiger partial charge on any atom is -0.394 e. The molecule has 4 heteroatoms. The van der Waals surface area contributed by atoms with Gasteiger partial charge >= 0.3 is 0 Å². The molecule has 0 aliphatic rings. The Hall–Kier alpha value is -0.890. The van der Waals surface area contributed by atoms with Crippen LogP contribution in [0.4, 0.5) is 0 Å². The van der Waals surface area contributed by atoms with E-state index < -0.39 is 0 Å². The van der Waals surface area contributed by atoms with Gasteiger partial charge in [-0.1, -0.05) is 6.07 Å². The van der Waals surface area contributed by atoms with Gasteiger partial charge in [0.1, 0.15) is 6.07 Å². The molecule has 0 amide bonds. The summed E-state index contributed by atoms with van der Waals surface area (Å²) in [6.07, 6.45) is 0. The third kappa shape index (κ3) is 2.28. The molecule has 1 aromatic carbocycles. The van der Waals surface area contributed by atoms with E-state index in [9.17, 15) is 0 Å². The van der Waals surface area contributed by atoms with Crippen LogP contribution in [-0.4, -0.2) is 11.7 Å². The van der Waals surface area contributed by atoms with Gasteiger partial charge in [0.15, 0.2) is 0 Å². The Bertz CT molecular complexity index is 346. The Kier molecular flexibility index (Phi) is 3.43. The fraction of sp³-hybridized carbons (Fsp3) is 0.222. The Balaban J connectivity index is 3.04. The van der Waals surface area contributed by atoms with Crippen molar-refractivity contribution >= 4 is 15.9 Å². The number of nitrogens with two attached hydrogens (primary N) is 1. The lowest BCUT2D eigenvalue weighted by molar-refractivity contribution is 0.268. The SMILES string of the molecule is N#Cc1ccc(C(N)CO)cc1Br. The van der Waals surface area contributed by atoms with Crippen LogP contribution in [0.2, 0.25) is 0 Å². The van der Waals surface area contributed by atoms with Gasteiger partial charge in [-0.2, -0.15) is 5.26 Å². The van der Waals surface area contributed by atoms with Gasteiger partial charge in [0, 0.05) is 4.47 Å². The van der Waals surface area contributed by atoms with E-state index in [1.54, 1.807) is 18.2 Å². The van der Waals surface area contributed by atoms with E-state index in [0.717, 1.165) is 5.56 Å². The molecule has 3 N–H and O–H groups in total. The number of hydrogen-bond donors (Lipinski definition) is 2. The van der Waals surface area contributed by atoms with Crippen molar-refractivity contribution in [1.82, 2.24) is 0 Å². The van der Waals surface area contributed by atoms with Gasteiger partial charge in [0.25, 0.3) is 0 Å². The van der Waals surface area contributed by atoms with Crippen LogP contribution in [0.5, 0.6) is 0 Å². The summed E-state index contributed by atoms with van der Waals surface area (Å²) in [5.74, 6) is 0. The van der Waals surface area contributed by atoms with Crippen molar-refractivity contribution in [2.24, 2.45) is 5.73 Å². The molecular weight excluding hydrogens is 232 g/mol. The fourth-order valence-electron chi connectivity index (χ4n) is 0.958. The van der Waals surface area contributed by atoms with Crippen LogP contribution in [0.15, 0.2) is 22.7 Å². The van der Waals surface area contributed by atoms with E-state index >= 15 is 0 Å². The summed E-state index contributed by atoms with van der Waals surface area (Å²) in [7, 11) is 0. The van der Waals surface area contributed by atoms with E-state index in [0.29, 0.717) is 10.0 Å². The van der Waals surface area contributed by atoms with Crippen molar-refractivity contribution < 1.29 is 5.11 Å². The van der Waals surface area contributed by atoms with Crippen molar-refractivity contribution in [2.75, 3.05) is 6.61 Å². The molecule has 0 aliphatic carbocycles. The maximum atomic E-state index is 8.80. The third-order valence-electron chi connectivity index (χ3n) is 1.74. The first-order valence-electron chi connectivity index (χ1n) is 3.75. The van der Waals surface area contributed by atoms with E-state index in [1.165, 1.54) is 0 Å². The van der Waals surface area contributed by atoms with E-state index in [2.05, 4.69) is 15.9 Å². The van der Waals surface area contributed by atoms with E-state index in [-0.39, 0.29) is 12.6 Å². The number of aliphatic hydroxyl groups excluding tert-OH is 1.